The molecule has 102 valence electrons. The minimum absolute atomic E-state index is 0.456. The van der Waals surface area contributed by atoms with Gasteiger partial charge >= 0.3 is 0 Å². The summed E-state index contributed by atoms with van der Waals surface area (Å²) in [5, 5.41) is 4.75. The Bertz CT molecular complexity index is 568. The van der Waals surface area contributed by atoms with Crippen molar-refractivity contribution in [1.29, 1.82) is 0 Å². The zero-order valence-electron chi connectivity index (χ0n) is 11.0. The third-order valence-electron chi connectivity index (χ3n) is 2.75. The number of hydrogen-bond donors (Lipinski definition) is 0. The SMILES string of the molecule is CCCc1nc(-c2ccnn2CCC)nc(Cl)c1Br. The standard InChI is InChI=1S/C13H16BrClN4/c1-3-5-9-11(14)12(15)18-13(17-9)10-6-7-16-19(10)8-4-2/h6-7H,3-5,8H2,1-2H3. The molecule has 0 atom stereocenters. The van der Waals surface area contributed by atoms with Crippen molar-refractivity contribution in [2.24, 2.45) is 0 Å². The third kappa shape index (κ3) is 3.15. The van der Waals surface area contributed by atoms with Crippen LogP contribution in [0.4, 0.5) is 0 Å². The van der Waals surface area contributed by atoms with E-state index in [0.29, 0.717) is 11.0 Å². The second-order valence-corrected chi connectivity index (χ2v) is 5.44. The lowest BCUT2D eigenvalue weighted by Crippen LogP contribution is -2.05. The minimum atomic E-state index is 0.456. The maximum atomic E-state index is 6.17. The third-order valence-corrected chi connectivity index (χ3v) is 4.08. The van der Waals surface area contributed by atoms with Crippen molar-refractivity contribution >= 4 is 27.5 Å². The van der Waals surface area contributed by atoms with Crippen LogP contribution in [0.3, 0.4) is 0 Å². The van der Waals surface area contributed by atoms with Gasteiger partial charge in [0, 0.05) is 12.7 Å². The number of halogens is 2. The lowest BCUT2D eigenvalue weighted by atomic mass is 10.2. The first-order chi connectivity index (χ1) is 9.17. The Morgan fingerprint density at radius 3 is 2.74 bits per heavy atom. The van der Waals surface area contributed by atoms with E-state index in [9.17, 15) is 0 Å². The summed E-state index contributed by atoms with van der Waals surface area (Å²) >= 11 is 9.62. The molecule has 0 aliphatic carbocycles. The molecule has 0 amide bonds. The maximum Gasteiger partial charge on any atom is 0.179 e. The number of rotatable bonds is 5. The van der Waals surface area contributed by atoms with E-state index in [1.54, 1.807) is 6.20 Å². The van der Waals surface area contributed by atoms with Crippen LogP contribution in [-0.2, 0) is 13.0 Å². The van der Waals surface area contributed by atoms with Gasteiger partial charge in [-0.3, -0.25) is 4.68 Å². The van der Waals surface area contributed by atoms with Crippen LogP contribution >= 0.6 is 27.5 Å². The molecule has 0 N–H and O–H groups in total. The van der Waals surface area contributed by atoms with E-state index in [0.717, 1.165) is 41.7 Å². The fourth-order valence-corrected chi connectivity index (χ4v) is 2.46. The van der Waals surface area contributed by atoms with Gasteiger partial charge in [0.25, 0.3) is 0 Å². The lowest BCUT2D eigenvalue weighted by Gasteiger charge is -2.09. The average molecular weight is 344 g/mol. The van der Waals surface area contributed by atoms with Crippen molar-refractivity contribution < 1.29 is 0 Å². The van der Waals surface area contributed by atoms with E-state index in [1.807, 2.05) is 10.7 Å². The van der Waals surface area contributed by atoms with Gasteiger partial charge in [0.1, 0.15) is 10.8 Å². The summed E-state index contributed by atoms with van der Waals surface area (Å²) in [6.45, 7) is 5.08. The smallest absolute Gasteiger partial charge is 0.179 e. The molecule has 0 unspecified atom stereocenters. The molecule has 0 fully saturated rings. The van der Waals surface area contributed by atoms with E-state index in [2.05, 4.69) is 44.8 Å². The molecule has 0 spiro atoms. The maximum absolute atomic E-state index is 6.17. The van der Waals surface area contributed by atoms with Gasteiger partial charge in [-0.15, -0.1) is 0 Å². The summed E-state index contributed by atoms with van der Waals surface area (Å²) in [4.78, 5) is 8.95. The molecule has 0 aliphatic heterocycles. The fraction of sp³-hybridized carbons (Fsp3) is 0.462. The van der Waals surface area contributed by atoms with Gasteiger partial charge in [0.2, 0.25) is 0 Å². The number of aryl methyl sites for hydroxylation is 2. The molecule has 0 aromatic carbocycles. The average Bonchev–Trinajstić information content (AvgIpc) is 2.84. The molecule has 2 rings (SSSR count). The van der Waals surface area contributed by atoms with Gasteiger partial charge in [-0.05, 0) is 34.8 Å². The van der Waals surface area contributed by atoms with Crippen LogP contribution in [0.1, 0.15) is 32.4 Å². The Kier molecular flexibility index (Phi) is 4.93. The Labute approximate surface area is 126 Å². The Hall–Kier alpha value is -0.940. The first-order valence-corrected chi connectivity index (χ1v) is 7.58. The van der Waals surface area contributed by atoms with Crippen LogP contribution < -0.4 is 0 Å². The summed E-state index contributed by atoms with van der Waals surface area (Å²) in [5.41, 5.74) is 1.86. The Morgan fingerprint density at radius 2 is 2.05 bits per heavy atom. The highest BCUT2D eigenvalue weighted by molar-refractivity contribution is 9.10. The molecule has 0 radical (unpaired) electrons. The van der Waals surface area contributed by atoms with Crippen molar-refractivity contribution in [1.82, 2.24) is 19.7 Å². The predicted molar refractivity (Wildman–Crippen MR) is 80.2 cm³/mol. The topological polar surface area (TPSA) is 43.6 Å². The highest BCUT2D eigenvalue weighted by Crippen LogP contribution is 2.27. The second-order valence-electron chi connectivity index (χ2n) is 4.29. The molecule has 6 heteroatoms. The summed E-state index contributed by atoms with van der Waals surface area (Å²) < 4.78 is 2.70. The lowest BCUT2D eigenvalue weighted by molar-refractivity contribution is 0.606. The van der Waals surface area contributed by atoms with Gasteiger partial charge in [-0.25, -0.2) is 9.97 Å². The van der Waals surface area contributed by atoms with E-state index in [-0.39, 0.29) is 0 Å². The van der Waals surface area contributed by atoms with E-state index in [1.165, 1.54) is 0 Å². The molecular formula is C13H16BrClN4. The van der Waals surface area contributed by atoms with Crippen molar-refractivity contribution in [2.75, 3.05) is 0 Å². The van der Waals surface area contributed by atoms with Crippen molar-refractivity contribution in [3.05, 3.63) is 27.6 Å². The summed E-state index contributed by atoms with van der Waals surface area (Å²) in [7, 11) is 0. The fourth-order valence-electron chi connectivity index (χ4n) is 1.89. The molecule has 0 saturated heterocycles. The molecule has 4 nitrogen and oxygen atoms in total. The molecule has 0 saturated carbocycles. The monoisotopic (exact) mass is 342 g/mol. The van der Waals surface area contributed by atoms with Crippen LogP contribution in [0.2, 0.25) is 5.15 Å². The summed E-state index contributed by atoms with van der Waals surface area (Å²) in [5.74, 6) is 0.641. The zero-order chi connectivity index (χ0) is 13.8. The van der Waals surface area contributed by atoms with Crippen molar-refractivity contribution in [3.63, 3.8) is 0 Å². The van der Waals surface area contributed by atoms with E-state index in [4.69, 9.17) is 11.6 Å². The van der Waals surface area contributed by atoms with Crippen molar-refractivity contribution in [2.45, 2.75) is 39.7 Å². The number of nitrogens with zero attached hydrogens (tertiary/aromatic N) is 4. The highest BCUT2D eigenvalue weighted by atomic mass is 79.9. The molecular weight excluding hydrogens is 328 g/mol. The van der Waals surface area contributed by atoms with Gasteiger partial charge in [0.05, 0.1) is 10.2 Å². The van der Waals surface area contributed by atoms with Gasteiger partial charge in [-0.2, -0.15) is 5.10 Å². The summed E-state index contributed by atoms with van der Waals surface area (Å²) in [6, 6.07) is 1.92. The first-order valence-electron chi connectivity index (χ1n) is 6.41. The van der Waals surface area contributed by atoms with E-state index < -0.39 is 0 Å². The summed E-state index contributed by atoms with van der Waals surface area (Å²) in [6.07, 6.45) is 4.67. The van der Waals surface area contributed by atoms with E-state index >= 15 is 0 Å². The molecule has 0 aliphatic rings. The number of aromatic nitrogens is 4. The second kappa shape index (κ2) is 6.48. The van der Waals surface area contributed by atoms with Crippen LogP contribution in [0.5, 0.6) is 0 Å². The largest absolute Gasteiger partial charge is 0.262 e. The first kappa shape index (κ1) is 14.5. The van der Waals surface area contributed by atoms with Crippen LogP contribution in [0.25, 0.3) is 11.5 Å². The van der Waals surface area contributed by atoms with Crippen molar-refractivity contribution in [3.8, 4) is 11.5 Å². The molecule has 2 heterocycles. The van der Waals surface area contributed by atoms with Gasteiger partial charge in [-0.1, -0.05) is 31.9 Å². The highest BCUT2D eigenvalue weighted by Gasteiger charge is 2.14. The predicted octanol–water partition coefficient (Wildman–Crippen LogP) is 4.12. The molecule has 19 heavy (non-hydrogen) atoms. The number of hydrogen-bond acceptors (Lipinski definition) is 3. The van der Waals surface area contributed by atoms with Gasteiger partial charge in [0.15, 0.2) is 5.82 Å². The minimum Gasteiger partial charge on any atom is -0.262 e. The Morgan fingerprint density at radius 1 is 1.26 bits per heavy atom. The molecule has 2 aromatic heterocycles. The molecule has 0 bridgehead atoms. The van der Waals surface area contributed by atoms with Crippen LogP contribution in [0, 0.1) is 0 Å². The molecule has 2 aromatic rings. The normalized spacial score (nSPS) is 10.9. The quantitative estimate of drug-likeness (QED) is 0.767. The van der Waals surface area contributed by atoms with Crippen LogP contribution in [-0.4, -0.2) is 19.7 Å². The van der Waals surface area contributed by atoms with Crippen LogP contribution in [0.15, 0.2) is 16.7 Å². The zero-order valence-corrected chi connectivity index (χ0v) is 13.4. The van der Waals surface area contributed by atoms with Gasteiger partial charge < -0.3 is 0 Å². The Balaban J connectivity index is 2.47.